The molecule has 10 nitrogen and oxygen atoms in total. The predicted octanol–water partition coefficient (Wildman–Crippen LogP) is 1.24. The van der Waals surface area contributed by atoms with Crippen LogP contribution in [0, 0.1) is 0 Å². The molecule has 3 heterocycles. The van der Waals surface area contributed by atoms with Crippen LogP contribution < -0.4 is 16.0 Å². The number of sulfonamides is 1. The Labute approximate surface area is 167 Å². The second kappa shape index (κ2) is 7.48. The summed E-state index contributed by atoms with van der Waals surface area (Å²) < 4.78 is 32.4. The van der Waals surface area contributed by atoms with Crippen molar-refractivity contribution >= 4 is 32.8 Å². The molecule has 0 atom stereocenters. The highest BCUT2D eigenvalue weighted by molar-refractivity contribution is 7.89. The number of H-pyrrole nitrogens is 1. The van der Waals surface area contributed by atoms with Crippen LogP contribution in [0.3, 0.4) is 0 Å². The third-order valence-corrected chi connectivity index (χ3v) is 6.84. The molecule has 3 aromatic rings. The molecule has 0 amide bonds. The van der Waals surface area contributed by atoms with Gasteiger partial charge in [0.25, 0.3) is 0 Å². The highest BCUT2D eigenvalue weighted by Gasteiger charge is 2.30. The van der Waals surface area contributed by atoms with Crippen LogP contribution in [0.15, 0.2) is 44.7 Å². The molecule has 0 saturated carbocycles. The van der Waals surface area contributed by atoms with Crippen LogP contribution in [0.25, 0.3) is 11.1 Å². The summed E-state index contributed by atoms with van der Waals surface area (Å²) in [5, 5.41) is 3.36. The maximum Gasteiger partial charge on any atom is 0.417 e. The van der Waals surface area contributed by atoms with Crippen LogP contribution in [-0.4, -0.2) is 60.9 Å². The largest absolute Gasteiger partial charge is 0.417 e. The molecule has 1 aliphatic rings. The lowest BCUT2D eigenvalue weighted by molar-refractivity contribution is 0.329. The fourth-order valence-corrected chi connectivity index (χ4v) is 4.86. The van der Waals surface area contributed by atoms with Crippen molar-refractivity contribution in [3.8, 4) is 0 Å². The minimum absolute atomic E-state index is 0.124. The number of rotatable bonds is 5. The first kappa shape index (κ1) is 19.4. The molecule has 0 aliphatic carbocycles. The number of oxazole rings is 1. The van der Waals surface area contributed by atoms with Crippen LogP contribution in [-0.2, 0) is 10.0 Å². The Balaban J connectivity index is 1.44. The summed E-state index contributed by atoms with van der Waals surface area (Å²) in [6, 6.07) is 6.38. The average molecular weight is 418 g/mol. The van der Waals surface area contributed by atoms with Gasteiger partial charge in [-0.15, -0.1) is 0 Å². The van der Waals surface area contributed by atoms with Crippen LogP contribution in [0.1, 0.15) is 12.8 Å². The Morgan fingerprint density at radius 3 is 2.69 bits per heavy atom. The van der Waals surface area contributed by atoms with Gasteiger partial charge in [0, 0.05) is 39.3 Å². The molecule has 0 bridgehead atoms. The van der Waals surface area contributed by atoms with Gasteiger partial charge >= 0.3 is 5.76 Å². The lowest BCUT2D eigenvalue weighted by Gasteiger charge is -2.32. The minimum atomic E-state index is -3.65. The first-order valence-electron chi connectivity index (χ1n) is 9.22. The van der Waals surface area contributed by atoms with Gasteiger partial charge in [-0.3, -0.25) is 4.98 Å². The summed E-state index contributed by atoms with van der Waals surface area (Å²) >= 11 is 0. The highest BCUT2D eigenvalue weighted by atomic mass is 32.2. The average Bonchev–Trinajstić information content (AvgIpc) is 3.08. The quantitative estimate of drug-likeness (QED) is 0.634. The van der Waals surface area contributed by atoms with E-state index in [1.165, 1.54) is 28.8 Å². The van der Waals surface area contributed by atoms with E-state index in [-0.39, 0.29) is 10.9 Å². The number of nitrogens with one attached hydrogen (secondary N) is 2. The van der Waals surface area contributed by atoms with Crippen molar-refractivity contribution in [2.75, 3.05) is 37.4 Å². The van der Waals surface area contributed by atoms with E-state index < -0.39 is 15.8 Å². The van der Waals surface area contributed by atoms with Crippen LogP contribution in [0.2, 0.25) is 0 Å². The Hall–Kier alpha value is -2.92. The summed E-state index contributed by atoms with van der Waals surface area (Å²) in [5.41, 5.74) is 0.701. The molecule has 0 unspecified atom stereocenters. The van der Waals surface area contributed by atoms with Crippen molar-refractivity contribution < 1.29 is 12.8 Å². The van der Waals surface area contributed by atoms with Gasteiger partial charge in [0.15, 0.2) is 5.58 Å². The Kier molecular flexibility index (Phi) is 5.01. The van der Waals surface area contributed by atoms with Crippen LogP contribution >= 0.6 is 0 Å². The number of fused-ring (bicyclic) bond motifs is 1. The number of aromatic amines is 1. The van der Waals surface area contributed by atoms with Crippen molar-refractivity contribution in [1.82, 2.24) is 19.3 Å². The van der Waals surface area contributed by atoms with Gasteiger partial charge in [-0.25, -0.2) is 23.2 Å². The lowest BCUT2D eigenvalue weighted by atomic mass is 10.1. The maximum absolute atomic E-state index is 13.0. The molecule has 2 aromatic heterocycles. The van der Waals surface area contributed by atoms with E-state index in [0.29, 0.717) is 37.0 Å². The molecule has 1 fully saturated rings. The topological polar surface area (TPSA) is 124 Å². The SMILES string of the molecule is CN(C)c1cc(NC2CCN(S(=O)(=O)c3ccc4oc(=O)[nH]c4c3)CC2)ncn1. The number of benzene rings is 1. The van der Waals surface area contributed by atoms with E-state index in [1.807, 2.05) is 25.1 Å². The molecule has 29 heavy (non-hydrogen) atoms. The van der Waals surface area contributed by atoms with Crippen molar-refractivity contribution in [2.45, 2.75) is 23.8 Å². The summed E-state index contributed by atoms with van der Waals surface area (Å²) in [7, 11) is 0.168. The highest BCUT2D eigenvalue weighted by Crippen LogP contribution is 2.24. The van der Waals surface area contributed by atoms with Gasteiger partial charge < -0.3 is 14.6 Å². The number of piperidine rings is 1. The van der Waals surface area contributed by atoms with Gasteiger partial charge in [0.2, 0.25) is 10.0 Å². The van der Waals surface area contributed by atoms with Gasteiger partial charge in [-0.1, -0.05) is 0 Å². The van der Waals surface area contributed by atoms with E-state index >= 15 is 0 Å². The zero-order valence-electron chi connectivity index (χ0n) is 16.1. The zero-order valence-corrected chi connectivity index (χ0v) is 16.9. The second-order valence-electron chi connectivity index (χ2n) is 7.15. The number of aromatic nitrogens is 3. The third-order valence-electron chi connectivity index (χ3n) is 4.94. The summed E-state index contributed by atoms with van der Waals surface area (Å²) in [4.78, 5) is 24.3. The van der Waals surface area contributed by atoms with E-state index in [2.05, 4.69) is 20.3 Å². The van der Waals surface area contributed by atoms with Crippen molar-refractivity contribution in [2.24, 2.45) is 0 Å². The third kappa shape index (κ3) is 3.96. The van der Waals surface area contributed by atoms with Gasteiger partial charge in [-0.2, -0.15) is 4.31 Å². The molecule has 11 heteroatoms. The van der Waals surface area contributed by atoms with Crippen molar-refractivity contribution in [3.63, 3.8) is 0 Å². The molecular formula is C18H22N6O4S. The van der Waals surface area contributed by atoms with Crippen LogP contribution in [0.4, 0.5) is 11.6 Å². The Bertz CT molecular complexity index is 1180. The smallest absolute Gasteiger partial charge is 0.408 e. The summed E-state index contributed by atoms with van der Waals surface area (Å²) in [5.74, 6) is 0.915. The number of nitrogens with zero attached hydrogens (tertiary/aromatic N) is 4. The number of hydrogen-bond donors (Lipinski definition) is 2. The fraction of sp³-hybridized carbons (Fsp3) is 0.389. The standard InChI is InChI=1S/C18H22N6O4S/c1-23(2)17-10-16(19-11-20-17)21-12-5-7-24(8-6-12)29(26,27)13-3-4-15-14(9-13)22-18(25)28-15/h3-4,9-12H,5-8H2,1-2H3,(H,22,25)(H,19,20,21). The maximum atomic E-state index is 13.0. The zero-order chi connectivity index (χ0) is 20.6. The molecule has 0 spiro atoms. The van der Waals surface area contributed by atoms with E-state index in [0.717, 1.165) is 11.6 Å². The Morgan fingerprint density at radius 1 is 1.21 bits per heavy atom. The van der Waals surface area contributed by atoms with E-state index in [4.69, 9.17) is 4.42 Å². The fourth-order valence-electron chi connectivity index (χ4n) is 3.36. The molecule has 0 radical (unpaired) electrons. The monoisotopic (exact) mass is 418 g/mol. The number of hydrogen-bond acceptors (Lipinski definition) is 8. The molecule has 2 N–H and O–H groups in total. The lowest BCUT2D eigenvalue weighted by Crippen LogP contribution is -2.42. The minimum Gasteiger partial charge on any atom is -0.408 e. The molecule has 154 valence electrons. The predicted molar refractivity (Wildman–Crippen MR) is 109 cm³/mol. The normalized spacial score (nSPS) is 16.2. The van der Waals surface area contributed by atoms with Gasteiger partial charge in [-0.05, 0) is 31.0 Å². The molecule has 1 aromatic carbocycles. The van der Waals surface area contributed by atoms with Crippen molar-refractivity contribution in [3.05, 3.63) is 41.1 Å². The van der Waals surface area contributed by atoms with Crippen molar-refractivity contribution in [1.29, 1.82) is 0 Å². The summed E-state index contributed by atoms with van der Waals surface area (Å²) in [6.45, 7) is 0.789. The summed E-state index contributed by atoms with van der Waals surface area (Å²) in [6.07, 6.45) is 2.82. The van der Waals surface area contributed by atoms with Gasteiger partial charge in [0.05, 0.1) is 10.4 Å². The van der Waals surface area contributed by atoms with Gasteiger partial charge in [0.1, 0.15) is 18.0 Å². The first-order valence-corrected chi connectivity index (χ1v) is 10.7. The van der Waals surface area contributed by atoms with Crippen LogP contribution in [0.5, 0.6) is 0 Å². The van der Waals surface area contributed by atoms with E-state index in [1.54, 1.807) is 0 Å². The first-order chi connectivity index (χ1) is 13.8. The van der Waals surface area contributed by atoms with E-state index in [9.17, 15) is 13.2 Å². The molecular weight excluding hydrogens is 396 g/mol. The second-order valence-corrected chi connectivity index (χ2v) is 9.09. The number of anilines is 2. The molecule has 1 aliphatic heterocycles. The molecule has 1 saturated heterocycles. The Morgan fingerprint density at radius 2 is 1.97 bits per heavy atom. The molecule has 4 rings (SSSR count).